The SMILES string of the molecule is CN(C)CCOc1ccccc1Cn1cnc2ccc(C(=O)N3CCN(CC4CCN(CC(=O)N5CCN(CC[C@H](NC(=O)C6(NC(=O)OC(C)(C)C)CCN(c7ncnc8[nH]ccc78)CC6)c6ccc(Cl)cc6)CC5)CC4)CC3)nc21. The number of alkyl carbamates (subject to hydrolysis) is 1. The fourth-order valence-corrected chi connectivity index (χ4v) is 11.8. The van der Waals surface area contributed by atoms with Crippen LogP contribution >= 0.6 is 11.6 Å². The van der Waals surface area contributed by atoms with Crippen molar-refractivity contribution in [3.63, 3.8) is 0 Å². The molecule has 4 fully saturated rings. The number of benzene rings is 2. The number of anilines is 1. The Hall–Kier alpha value is -6.91. The number of imidazole rings is 1. The van der Waals surface area contributed by atoms with Gasteiger partial charge in [0, 0.05) is 102 Å². The number of nitrogens with zero attached hydrogens (tertiary/aromatic N) is 12. The van der Waals surface area contributed by atoms with Crippen molar-refractivity contribution >= 4 is 63.4 Å². The molecule has 6 aromatic rings. The number of piperidine rings is 2. The lowest BCUT2D eigenvalue weighted by Gasteiger charge is -2.42. The lowest BCUT2D eigenvalue weighted by molar-refractivity contribution is -0.134. The zero-order chi connectivity index (χ0) is 57.4. The first-order valence-corrected chi connectivity index (χ1v) is 29.4. The van der Waals surface area contributed by atoms with Crippen molar-refractivity contribution in [3.8, 4) is 5.75 Å². The van der Waals surface area contributed by atoms with Gasteiger partial charge in [-0.05, 0) is 128 Å². The molecule has 0 bridgehead atoms. The monoisotopic (exact) mass is 1140 g/mol. The molecule has 1 atom stereocenters. The van der Waals surface area contributed by atoms with Crippen molar-refractivity contribution in [1.29, 1.82) is 0 Å². The molecule has 0 spiro atoms. The molecule has 4 aliphatic heterocycles. The van der Waals surface area contributed by atoms with Crippen LogP contribution in [0.5, 0.6) is 5.75 Å². The summed E-state index contributed by atoms with van der Waals surface area (Å²) in [6.45, 7) is 17.8. The quantitative estimate of drug-likeness (QED) is 0.0881. The van der Waals surface area contributed by atoms with E-state index in [0.29, 0.717) is 107 Å². The predicted octanol–water partition coefficient (Wildman–Crippen LogP) is 5.77. The number of hydrogen-bond donors (Lipinski definition) is 3. The van der Waals surface area contributed by atoms with Crippen LogP contribution in [0.2, 0.25) is 5.02 Å². The normalized spacial score (nSPS) is 18.3. The highest BCUT2D eigenvalue weighted by atomic mass is 35.5. The van der Waals surface area contributed by atoms with E-state index in [1.54, 1.807) is 33.2 Å². The van der Waals surface area contributed by atoms with Crippen molar-refractivity contribution in [2.45, 2.75) is 76.6 Å². The summed E-state index contributed by atoms with van der Waals surface area (Å²) in [4.78, 5) is 92.6. The zero-order valence-electron chi connectivity index (χ0n) is 48.2. The Morgan fingerprint density at radius 1 is 0.817 bits per heavy atom. The number of aromatic amines is 1. The summed E-state index contributed by atoms with van der Waals surface area (Å²) in [7, 11) is 4.05. The third-order valence-corrected chi connectivity index (χ3v) is 16.7. The number of para-hydroxylation sites is 1. The first kappa shape index (κ1) is 58.3. The number of H-pyrrole nitrogens is 1. The van der Waals surface area contributed by atoms with Crippen LogP contribution in [0.4, 0.5) is 10.6 Å². The minimum Gasteiger partial charge on any atom is -0.492 e. The van der Waals surface area contributed by atoms with Gasteiger partial charge in [-0.1, -0.05) is 41.9 Å². The molecular weight excluding hydrogens is 1060 g/mol. The number of carbonyl (C=O) groups is 4. The second-order valence-corrected chi connectivity index (χ2v) is 24.1. The Morgan fingerprint density at radius 2 is 1.54 bits per heavy atom. The number of nitrogens with one attached hydrogen (secondary N) is 3. The van der Waals surface area contributed by atoms with Crippen LogP contribution in [-0.2, 0) is 20.9 Å². The van der Waals surface area contributed by atoms with E-state index in [2.05, 4.69) is 61.1 Å². The van der Waals surface area contributed by atoms with Gasteiger partial charge in [0.15, 0.2) is 5.65 Å². The van der Waals surface area contributed by atoms with E-state index in [4.69, 9.17) is 26.1 Å². The van der Waals surface area contributed by atoms with Gasteiger partial charge in [0.05, 0.1) is 30.8 Å². The van der Waals surface area contributed by atoms with E-state index in [0.717, 1.165) is 104 Å². The topological polar surface area (TPSA) is 206 Å². The zero-order valence-corrected chi connectivity index (χ0v) is 49.0. The Balaban J connectivity index is 0.663. The minimum atomic E-state index is -1.24. The van der Waals surface area contributed by atoms with Gasteiger partial charge in [-0.2, -0.15) is 0 Å². The molecule has 22 heteroatoms. The molecule has 10 rings (SSSR count). The third-order valence-electron chi connectivity index (χ3n) is 16.5. The van der Waals surface area contributed by atoms with Gasteiger partial charge in [-0.25, -0.2) is 24.7 Å². The molecule has 82 heavy (non-hydrogen) atoms. The maximum atomic E-state index is 14.8. The average molecular weight is 1140 g/mol. The molecule has 21 nitrogen and oxygen atoms in total. The summed E-state index contributed by atoms with van der Waals surface area (Å²) in [6.07, 6.45) is 7.84. The van der Waals surface area contributed by atoms with E-state index in [1.165, 1.54) is 6.33 Å². The summed E-state index contributed by atoms with van der Waals surface area (Å²) < 4.78 is 13.8. The number of likely N-dealkylation sites (N-methyl/N-ethyl adjacent to an activating group) is 1. The molecule has 4 amide bonds. The van der Waals surface area contributed by atoms with Crippen LogP contribution < -0.4 is 20.3 Å². The molecule has 3 N–H and O–H groups in total. The standard InChI is InChI=1S/C60H80ClN15O6/c1-59(2,3)82-58(80)68-60(20-26-74(27-21-60)54-47-16-22-62-53(47)63-41-64-54)57(79)67-48(44-10-12-46(61)13-11-44)19-25-70-28-32-73(33-29-70)52(77)40-71-23-17-43(18-24-71)38-72-30-34-75(35-31-72)56(78)50-15-14-49-55(66-50)76(42-65-49)39-45-8-6-7-9-51(45)81-37-36-69(4)5/h6-16,22,41-43,48H,17-21,23-40H2,1-5H3,(H,67,79)(H,68,80)(H,62,63,64)/t48-/m0/s1. The molecule has 2 aromatic carbocycles. The van der Waals surface area contributed by atoms with Gasteiger partial charge in [-0.3, -0.25) is 29.1 Å². The molecule has 4 aromatic heterocycles. The number of pyridine rings is 1. The van der Waals surface area contributed by atoms with Crippen molar-refractivity contribution in [1.82, 2.24) is 69.5 Å². The number of aromatic nitrogens is 6. The summed E-state index contributed by atoms with van der Waals surface area (Å²) in [5.41, 5.74) is 2.52. The van der Waals surface area contributed by atoms with Gasteiger partial charge >= 0.3 is 6.09 Å². The molecule has 0 saturated carbocycles. The average Bonchev–Trinajstić information content (AvgIpc) is 4.30. The predicted molar refractivity (Wildman–Crippen MR) is 316 cm³/mol. The number of halogens is 1. The van der Waals surface area contributed by atoms with Crippen molar-refractivity contribution in [3.05, 3.63) is 107 Å². The lowest BCUT2D eigenvalue weighted by atomic mass is 9.85. The highest BCUT2D eigenvalue weighted by Gasteiger charge is 2.45. The number of piperazine rings is 2. The number of carbonyl (C=O) groups excluding carboxylic acids is 4. The molecule has 438 valence electrons. The van der Waals surface area contributed by atoms with Gasteiger partial charge in [-0.15, -0.1) is 0 Å². The Kier molecular flexibility index (Phi) is 18.6. The minimum absolute atomic E-state index is 0.0581. The largest absolute Gasteiger partial charge is 0.492 e. The van der Waals surface area contributed by atoms with Crippen molar-refractivity contribution < 1.29 is 28.7 Å². The molecule has 0 radical (unpaired) electrons. The third kappa shape index (κ3) is 14.6. The smallest absolute Gasteiger partial charge is 0.408 e. The Morgan fingerprint density at radius 3 is 2.27 bits per heavy atom. The molecule has 0 unspecified atom stereocenters. The number of ether oxygens (including phenoxy) is 2. The lowest BCUT2D eigenvalue weighted by Crippen LogP contribution is -2.64. The summed E-state index contributed by atoms with van der Waals surface area (Å²) in [6, 6.07) is 20.8. The highest BCUT2D eigenvalue weighted by molar-refractivity contribution is 6.30. The fourth-order valence-electron chi connectivity index (χ4n) is 11.7. The highest BCUT2D eigenvalue weighted by Crippen LogP contribution is 2.32. The summed E-state index contributed by atoms with van der Waals surface area (Å²) in [5.74, 6) is 1.98. The second-order valence-electron chi connectivity index (χ2n) is 23.7. The number of rotatable bonds is 19. The van der Waals surface area contributed by atoms with Crippen LogP contribution in [0.3, 0.4) is 0 Å². The van der Waals surface area contributed by atoms with E-state index in [-0.39, 0.29) is 23.8 Å². The Bertz CT molecular complexity index is 3130. The van der Waals surface area contributed by atoms with E-state index >= 15 is 0 Å². The molecular formula is C60H80ClN15O6. The van der Waals surface area contributed by atoms with Crippen LogP contribution in [0.25, 0.3) is 22.2 Å². The van der Waals surface area contributed by atoms with Gasteiger partial charge in [0.1, 0.15) is 52.5 Å². The van der Waals surface area contributed by atoms with E-state index in [9.17, 15) is 19.2 Å². The molecule has 8 heterocycles. The van der Waals surface area contributed by atoms with Gasteiger partial charge < -0.3 is 49.3 Å². The second kappa shape index (κ2) is 26.1. The van der Waals surface area contributed by atoms with Crippen LogP contribution in [0, 0.1) is 5.92 Å². The molecule has 0 aliphatic carbocycles. The number of fused-ring (bicyclic) bond motifs is 2. The number of hydrogen-bond acceptors (Lipinski definition) is 15. The van der Waals surface area contributed by atoms with Crippen LogP contribution in [-0.4, -0.2) is 219 Å². The van der Waals surface area contributed by atoms with E-state index in [1.807, 2.05) is 89.3 Å². The maximum Gasteiger partial charge on any atom is 0.408 e. The van der Waals surface area contributed by atoms with Crippen LogP contribution in [0.15, 0.2) is 85.6 Å². The Labute approximate surface area is 485 Å². The summed E-state index contributed by atoms with van der Waals surface area (Å²) in [5, 5.41) is 7.87. The molecule has 4 aliphatic rings. The maximum absolute atomic E-state index is 14.8. The van der Waals surface area contributed by atoms with Crippen molar-refractivity contribution in [2.24, 2.45) is 5.92 Å². The fraction of sp³-hybridized carbons (Fsp3) is 0.533. The first-order valence-electron chi connectivity index (χ1n) is 29.1. The summed E-state index contributed by atoms with van der Waals surface area (Å²) >= 11 is 6.35. The number of amides is 4. The molecule has 4 saturated heterocycles. The van der Waals surface area contributed by atoms with Crippen LogP contribution in [0.1, 0.15) is 80.5 Å². The first-order chi connectivity index (χ1) is 39.5. The number of likely N-dealkylation sites (tertiary alicyclic amines) is 1. The van der Waals surface area contributed by atoms with Crippen molar-refractivity contribution in [2.75, 3.05) is 130 Å². The van der Waals surface area contributed by atoms with Gasteiger partial charge in [0.2, 0.25) is 11.8 Å². The van der Waals surface area contributed by atoms with Gasteiger partial charge in [0.25, 0.3) is 5.91 Å². The van der Waals surface area contributed by atoms with E-state index < -0.39 is 17.2 Å².